The molecule has 3 saturated carbocycles. The Labute approximate surface area is 238 Å². The van der Waals surface area contributed by atoms with Crippen molar-refractivity contribution in [1.29, 1.82) is 5.26 Å². The Morgan fingerprint density at radius 2 is 1.68 bits per heavy atom. The highest BCUT2D eigenvalue weighted by atomic mass is 16.2. The summed E-state index contributed by atoms with van der Waals surface area (Å²) >= 11 is 0. The van der Waals surface area contributed by atoms with Gasteiger partial charge in [-0.15, -0.1) is 0 Å². The number of hydrogen-bond acceptors (Lipinski definition) is 5. The first-order chi connectivity index (χ1) is 18.4. The maximum atomic E-state index is 14.5. The third-order valence-electron chi connectivity index (χ3n) is 12.7. The predicted octanol–water partition coefficient (Wildman–Crippen LogP) is 4.81. The zero-order chi connectivity index (χ0) is 29.7. The van der Waals surface area contributed by atoms with Crippen molar-refractivity contribution in [3.8, 4) is 6.07 Å². The first-order valence-corrected chi connectivity index (χ1v) is 14.9. The second-order valence-corrected chi connectivity index (χ2v) is 15.6. The molecule has 7 atom stereocenters. The molecule has 0 heterocycles. The summed E-state index contributed by atoms with van der Waals surface area (Å²) in [6.45, 7) is 14.8. The summed E-state index contributed by atoms with van der Waals surface area (Å²) in [6, 6.07) is 2.16. The Bertz CT molecular complexity index is 1320. The molecule has 0 saturated heterocycles. The van der Waals surface area contributed by atoms with E-state index in [2.05, 4.69) is 46.0 Å². The summed E-state index contributed by atoms with van der Waals surface area (Å²) in [5.74, 6) is -1.25. The van der Waals surface area contributed by atoms with Crippen LogP contribution in [0.5, 0.6) is 0 Å². The van der Waals surface area contributed by atoms with E-state index in [1.54, 1.807) is 0 Å². The number of ketones is 2. The zero-order valence-electron chi connectivity index (χ0n) is 25.2. The van der Waals surface area contributed by atoms with Crippen LogP contribution in [0.2, 0.25) is 0 Å². The van der Waals surface area contributed by atoms with Gasteiger partial charge in [0.25, 0.3) is 0 Å². The number of fused-ring (bicyclic) bond motifs is 7. The number of primary amides is 1. The van der Waals surface area contributed by atoms with Gasteiger partial charge in [-0.05, 0) is 79.1 Å². The van der Waals surface area contributed by atoms with Gasteiger partial charge in [-0.1, -0.05) is 60.1 Å². The highest BCUT2D eigenvalue weighted by molar-refractivity contribution is 6.04. The number of hydrogen-bond donors (Lipinski definition) is 2. The van der Waals surface area contributed by atoms with E-state index in [1.807, 2.05) is 26.0 Å². The molecule has 216 valence electrons. The Morgan fingerprint density at radius 3 is 2.30 bits per heavy atom. The second-order valence-electron chi connectivity index (χ2n) is 15.6. The predicted molar refractivity (Wildman–Crippen MR) is 151 cm³/mol. The zero-order valence-corrected chi connectivity index (χ0v) is 25.2. The van der Waals surface area contributed by atoms with Crippen LogP contribution in [0.25, 0.3) is 0 Å². The topological polar surface area (TPSA) is 130 Å². The smallest absolute Gasteiger partial charge is 0.236 e. The van der Waals surface area contributed by atoms with Gasteiger partial charge >= 0.3 is 0 Å². The van der Waals surface area contributed by atoms with E-state index in [0.717, 1.165) is 37.7 Å². The Balaban J connectivity index is 1.66. The molecule has 40 heavy (non-hydrogen) atoms. The molecule has 0 aromatic rings. The number of carbonyl (C=O) groups is 4. The van der Waals surface area contributed by atoms with Crippen molar-refractivity contribution in [2.75, 3.05) is 6.54 Å². The Kier molecular flexibility index (Phi) is 6.21. The van der Waals surface area contributed by atoms with Crippen LogP contribution >= 0.6 is 0 Å². The Hall–Kier alpha value is -2.75. The van der Waals surface area contributed by atoms with E-state index in [1.165, 1.54) is 0 Å². The number of amides is 2. The lowest BCUT2D eigenvalue weighted by Gasteiger charge is -2.69. The third kappa shape index (κ3) is 3.59. The van der Waals surface area contributed by atoms with Crippen molar-refractivity contribution in [2.24, 2.45) is 56.0 Å². The minimum Gasteiger partial charge on any atom is -0.368 e. The van der Waals surface area contributed by atoms with Crippen LogP contribution in [-0.4, -0.2) is 29.9 Å². The standard InChI is InChI=1S/C33H45N3O4/c1-28(2)10-12-33(27(40)36-18-24(35)38)13-11-32(7)25(20(33)16-28)21(37)14-23-30(5)15-19(17-34)26(39)29(3,4)22(30)8-9-31(23,32)6/h14-15,20,22,25H,8-13,16,18H2,1-7H3,(H2,35,38)(H,36,40)/t20?,22-,25?,30-,31+,32+,33-/m0/s1. The lowest BCUT2D eigenvalue weighted by Crippen LogP contribution is -2.66. The van der Waals surface area contributed by atoms with Crippen LogP contribution in [0.15, 0.2) is 23.3 Å². The number of rotatable bonds is 3. The molecule has 5 aliphatic rings. The number of nitrogens with zero attached hydrogens (tertiary/aromatic N) is 1. The van der Waals surface area contributed by atoms with E-state index < -0.39 is 22.2 Å². The van der Waals surface area contributed by atoms with Crippen LogP contribution in [0, 0.1) is 61.6 Å². The molecule has 7 heteroatoms. The van der Waals surface area contributed by atoms with E-state index in [9.17, 15) is 24.4 Å². The maximum Gasteiger partial charge on any atom is 0.236 e. The molecule has 5 aliphatic carbocycles. The molecule has 2 amide bonds. The molecule has 0 spiro atoms. The fraction of sp³-hybridized carbons (Fsp3) is 0.727. The number of nitrogens with two attached hydrogens (primary N) is 1. The average molecular weight is 548 g/mol. The summed E-state index contributed by atoms with van der Waals surface area (Å²) in [6.07, 6.45) is 9.11. The number of allylic oxidation sites excluding steroid dienone is 4. The molecule has 0 aromatic heterocycles. The number of Topliss-reactive ketones (excluding diaryl/α,β-unsaturated/α-hetero) is 1. The van der Waals surface area contributed by atoms with Gasteiger partial charge in [-0.3, -0.25) is 19.2 Å². The summed E-state index contributed by atoms with van der Waals surface area (Å²) in [4.78, 5) is 53.1. The molecule has 0 radical (unpaired) electrons. The van der Waals surface area contributed by atoms with Crippen molar-refractivity contribution in [1.82, 2.24) is 5.32 Å². The van der Waals surface area contributed by atoms with Gasteiger partial charge in [-0.25, -0.2) is 0 Å². The lowest BCUT2D eigenvalue weighted by atomic mass is 9.34. The average Bonchev–Trinajstić information content (AvgIpc) is 2.86. The molecule has 3 N–H and O–H groups in total. The number of nitriles is 1. The van der Waals surface area contributed by atoms with Crippen LogP contribution < -0.4 is 11.1 Å². The fourth-order valence-electron chi connectivity index (χ4n) is 10.4. The van der Waals surface area contributed by atoms with Gasteiger partial charge in [0.05, 0.1) is 17.5 Å². The minimum atomic E-state index is -0.708. The normalized spacial score (nSPS) is 43.0. The molecule has 0 aliphatic heterocycles. The lowest BCUT2D eigenvalue weighted by molar-refractivity contribution is -0.178. The van der Waals surface area contributed by atoms with Gasteiger partial charge in [0.15, 0.2) is 11.6 Å². The summed E-state index contributed by atoms with van der Waals surface area (Å²) < 4.78 is 0. The summed E-state index contributed by atoms with van der Waals surface area (Å²) in [7, 11) is 0. The van der Waals surface area contributed by atoms with Crippen LogP contribution in [0.1, 0.15) is 93.4 Å². The number of carbonyl (C=O) groups excluding carboxylic acids is 4. The molecule has 0 aromatic carbocycles. The molecule has 2 unspecified atom stereocenters. The van der Waals surface area contributed by atoms with Crippen molar-refractivity contribution >= 4 is 23.4 Å². The highest BCUT2D eigenvalue weighted by Gasteiger charge is 2.70. The van der Waals surface area contributed by atoms with Gasteiger partial charge < -0.3 is 11.1 Å². The van der Waals surface area contributed by atoms with E-state index in [4.69, 9.17) is 5.73 Å². The molecular formula is C33H45N3O4. The van der Waals surface area contributed by atoms with Crippen LogP contribution in [-0.2, 0) is 19.2 Å². The van der Waals surface area contributed by atoms with Crippen molar-refractivity contribution in [2.45, 2.75) is 93.4 Å². The minimum absolute atomic E-state index is 0.00672. The quantitative estimate of drug-likeness (QED) is 0.524. The van der Waals surface area contributed by atoms with Crippen molar-refractivity contribution in [3.63, 3.8) is 0 Å². The highest BCUT2D eigenvalue weighted by Crippen LogP contribution is 2.74. The molecular weight excluding hydrogens is 502 g/mol. The number of nitrogens with one attached hydrogen (secondary N) is 1. The Morgan fingerprint density at radius 1 is 1.02 bits per heavy atom. The monoisotopic (exact) mass is 547 g/mol. The van der Waals surface area contributed by atoms with Crippen molar-refractivity contribution in [3.05, 3.63) is 23.3 Å². The first kappa shape index (κ1) is 28.8. The molecule has 0 bridgehead atoms. The van der Waals surface area contributed by atoms with E-state index in [0.29, 0.717) is 12.8 Å². The van der Waals surface area contributed by atoms with Gasteiger partial charge in [-0.2, -0.15) is 5.26 Å². The van der Waals surface area contributed by atoms with E-state index in [-0.39, 0.29) is 63.6 Å². The largest absolute Gasteiger partial charge is 0.368 e. The summed E-state index contributed by atoms with van der Waals surface area (Å²) in [5, 5.41) is 12.7. The van der Waals surface area contributed by atoms with Crippen molar-refractivity contribution < 1.29 is 19.2 Å². The first-order valence-electron chi connectivity index (χ1n) is 14.9. The maximum absolute atomic E-state index is 14.5. The SMILES string of the molecule is CC1(C)CC[C@]2(C(=O)NCC(N)=O)CC[C@]3(C)C(C(=O)C=C4[C@@]5(C)C=C(C#N)C(=O)C(C)(C)[C@@H]5CC[C@]43C)C2C1. The molecule has 5 rings (SSSR count). The van der Waals surface area contributed by atoms with E-state index >= 15 is 0 Å². The van der Waals surface area contributed by atoms with Gasteiger partial charge in [0.1, 0.15) is 6.07 Å². The van der Waals surface area contributed by atoms with Crippen LogP contribution in [0.4, 0.5) is 0 Å². The molecule has 7 nitrogen and oxygen atoms in total. The second kappa shape index (κ2) is 8.63. The molecule has 3 fully saturated rings. The third-order valence-corrected chi connectivity index (χ3v) is 12.7. The van der Waals surface area contributed by atoms with Crippen LogP contribution in [0.3, 0.4) is 0 Å². The van der Waals surface area contributed by atoms with Gasteiger partial charge in [0.2, 0.25) is 11.8 Å². The van der Waals surface area contributed by atoms with Gasteiger partial charge in [0, 0.05) is 16.7 Å². The fourth-order valence-corrected chi connectivity index (χ4v) is 10.4. The summed E-state index contributed by atoms with van der Waals surface area (Å²) in [5.41, 5.74) is 3.89.